The summed E-state index contributed by atoms with van der Waals surface area (Å²) >= 11 is 3.38. The molecule has 1 aliphatic rings. The van der Waals surface area contributed by atoms with Crippen LogP contribution in [-0.4, -0.2) is 33.3 Å². The Hall–Kier alpha value is -2.62. The lowest BCUT2D eigenvalue weighted by atomic mass is 9.92. The normalized spacial score (nSPS) is 18.7. The van der Waals surface area contributed by atoms with Crippen LogP contribution in [0.4, 0.5) is 0 Å². The van der Waals surface area contributed by atoms with Crippen LogP contribution in [-0.2, 0) is 27.9 Å². The van der Waals surface area contributed by atoms with Crippen molar-refractivity contribution in [1.82, 2.24) is 9.36 Å². The molecule has 0 fully saturated rings. The van der Waals surface area contributed by atoms with Gasteiger partial charge < -0.3 is 14.6 Å². The maximum absolute atomic E-state index is 12.7. The number of allylic oxidation sites excluding steroid dienone is 2. The lowest BCUT2D eigenvalue weighted by Crippen LogP contribution is -2.46. The first kappa shape index (κ1) is 22.1. The van der Waals surface area contributed by atoms with Crippen LogP contribution in [0.2, 0.25) is 0 Å². The first-order valence-corrected chi connectivity index (χ1v) is 10.2. The molecule has 0 saturated heterocycles. The number of hydrogen-bond donors (Lipinski definition) is 2. The summed E-state index contributed by atoms with van der Waals surface area (Å²) in [6.45, 7) is 0.0958. The molecule has 1 aromatic heterocycles. The molecule has 3 rings (SSSR count). The fourth-order valence-corrected chi connectivity index (χ4v) is 3.92. The number of para-hydroxylation sites is 1. The van der Waals surface area contributed by atoms with Crippen molar-refractivity contribution in [1.29, 1.82) is 0 Å². The zero-order chi connectivity index (χ0) is 21.9. The number of carbonyl (C=O) groups is 1. The molecule has 1 unspecified atom stereocenters. The van der Waals surface area contributed by atoms with E-state index in [-0.39, 0.29) is 18.6 Å². The maximum atomic E-state index is 12.7. The molecule has 1 atom stereocenters. The molecule has 0 aliphatic heterocycles. The van der Waals surface area contributed by atoms with Crippen LogP contribution >= 0.6 is 15.9 Å². The van der Waals surface area contributed by atoms with Crippen molar-refractivity contribution in [2.45, 2.75) is 31.6 Å². The average molecular weight is 478 g/mol. The second-order valence-corrected chi connectivity index (χ2v) is 7.84. The third-order valence-corrected chi connectivity index (χ3v) is 5.89. The number of aromatic nitrogens is 2. The predicted octanol–water partition coefficient (Wildman–Crippen LogP) is 2.84. The molecular formula is C21H24BrN3O5. The Morgan fingerprint density at radius 3 is 2.63 bits per heavy atom. The molecule has 0 amide bonds. The predicted molar refractivity (Wildman–Crippen MR) is 115 cm³/mol. The number of ether oxygens (including phenoxy) is 2. The summed E-state index contributed by atoms with van der Waals surface area (Å²) in [4.78, 5) is 23.6. The van der Waals surface area contributed by atoms with E-state index in [9.17, 15) is 9.59 Å². The van der Waals surface area contributed by atoms with E-state index < -0.39 is 11.7 Å². The third kappa shape index (κ3) is 4.43. The zero-order valence-electron chi connectivity index (χ0n) is 16.8. The minimum Gasteiger partial charge on any atom is -0.487 e. The monoisotopic (exact) mass is 477 g/mol. The number of aliphatic carboxylic acids is 1. The van der Waals surface area contributed by atoms with Crippen molar-refractivity contribution in [3.63, 3.8) is 0 Å². The van der Waals surface area contributed by atoms with Gasteiger partial charge in [-0.05, 0) is 40.6 Å². The molecule has 1 heterocycles. The van der Waals surface area contributed by atoms with E-state index in [1.54, 1.807) is 22.5 Å². The van der Waals surface area contributed by atoms with Crippen LogP contribution in [0.3, 0.4) is 0 Å². The molecule has 30 heavy (non-hydrogen) atoms. The average Bonchev–Trinajstić information content (AvgIpc) is 2.94. The first-order valence-electron chi connectivity index (χ1n) is 9.37. The van der Waals surface area contributed by atoms with Crippen molar-refractivity contribution in [2.24, 2.45) is 12.8 Å². The standard InChI is InChI=1S/C21H24BrN3O5/c1-24-16(19(22)20(28)25(24)15-6-4-3-5-7-15)13-30-17-10-8-14(9-11-18(26)27)12-21(17,23)29-2/h3-8,10H,9,11-13,23H2,1-2H3,(H,26,27). The molecule has 1 aromatic carbocycles. The number of benzene rings is 1. The summed E-state index contributed by atoms with van der Waals surface area (Å²) in [5.41, 5.74) is 7.24. The molecule has 0 bridgehead atoms. The van der Waals surface area contributed by atoms with E-state index in [1.807, 2.05) is 36.4 Å². The number of carboxylic acid groups (broad SMARTS) is 1. The summed E-state index contributed by atoms with van der Waals surface area (Å²) < 4.78 is 15.1. The summed E-state index contributed by atoms with van der Waals surface area (Å²) in [5, 5.41) is 8.89. The number of nitrogens with zero attached hydrogens (tertiary/aromatic N) is 2. The van der Waals surface area contributed by atoms with E-state index in [1.165, 1.54) is 7.11 Å². The van der Waals surface area contributed by atoms with Gasteiger partial charge in [0.05, 0.1) is 11.4 Å². The molecule has 0 spiro atoms. The van der Waals surface area contributed by atoms with Crippen molar-refractivity contribution in [3.8, 4) is 5.69 Å². The van der Waals surface area contributed by atoms with Crippen LogP contribution in [0.1, 0.15) is 25.0 Å². The third-order valence-electron chi connectivity index (χ3n) is 5.09. The highest BCUT2D eigenvalue weighted by Gasteiger charge is 2.35. The Morgan fingerprint density at radius 2 is 2.00 bits per heavy atom. The highest BCUT2D eigenvalue weighted by molar-refractivity contribution is 9.10. The second kappa shape index (κ2) is 9.03. The largest absolute Gasteiger partial charge is 0.487 e. The van der Waals surface area contributed by atoms with Crippen molar-refractivity contribution in [3.05, 3.63) is 74.3 Å². The molecule has 1 aliphatic carbocycles. The van der Waals surface area contributed by atoms with E-state index in [0.717, 1.165) is 11.3 Å². The second-order valence-electron chi connectivity index (χ2n) is 7.05. The number of nitrogens with two attached hydrogens (primary N) is 1. The van der Waals surface area contributed by atoms with E-state index in [2.05, 4.69) is 15.9 Å². The lowest BCUT2D eigenvalue weighted by molar-refractivity contribution is -0.137. The Kier molecular flexibility index (Phi) is 6.64. The number of hydrogen-bond acceptors (Lipinski definition) is 5. The molecule has 0 saturated carbocycles. The highest BCUT2D eigenvalue weighted by Crippen LogP contribution is 2.32. The van der Waals surface area contributed by atoms with Crippen molar-refractivity contribution >= 4 is 21.9 Å². The summed E-state index contributed by atoms with van der Waals surface area (Å²) in [5.74, 6) is -0.452. The van der Waals surface area contributed by atoms with Crippen molar-refractivity contribution in [2.75, 3.05) is 7.11 Å². The molecule has 160 valence electrons. The van der Waals surface area contributed by atoms with Gasteiger partial charge in [-0.2, -0.15) is 0 Å². The van der Waals surface area contributed by atoms with E-state index in [0.29, 0.717) is 28.8 Å². The number of carboxylic acids is 1. The topological polar surface area (TPSA) is 109 Å². The van der Waals surface area contributed by atoms with Gasteiger partial charge in [-0.1, -0.05) is 29.8 Å². The van der Waals surface area contributed by atoms with Gasteiger partial charge in [-0.15, -0.1) is 0 Å². The molecule has 2 aromatic rings. The molecule has 8 nitrogen and oxygen atoms in total. The highest BCUT2D eigenvalue weighted by atomic mass is 79.9. The van der Waals surface area contributed by atoms with Crippen LogP contribution in [0.25, 0.3) is 5.69 Å². The van der Waals surface area contributed by atoms with Crippen LogP contribution in [0.15, 0.2) is 63.1 Å². The summed E-state index contributed by atoms with van der Waals surface area (Å²) in [6, 6.07) is 9.31. The lowest BCUT2D eigenvalue weighted by Gasteiger charge is -2.33. The van der Waals surface area contributed by atoms with Gasteiger partial charge in [0.25, 0.3) is 5.56 Å². The van der Waals surface area contributed by atoms with E-state index >= 15 is 0 Å². The fraction of sp³-hybridized carbons (Fsp3) is 0.333. The quantitative estimate of drug-likeness (QED) is 0.565. The Bertz CT molecular complexity index is 1050. The Labute approximate surface area is 182 Å². The number of methoxy groups -OCH3 is 1. The molecule has 0 radical (unpaired) electrons. The molecular weight excluding hydrogens is 454 g/mol. The SMILES string of the molecule is COC1(N)CC(CCC(=O)O)=CC=C1OCc1c(Br)c(=O)n(-c2ccccc2)n1C. The summed E-state index contributed by atoms with van der Waals surface area (Å²) in [6.07, 6.45) is 4.25. The van der Waals surface area contributed by atoms with Gasteiger partial charge in [0.2, 0.25) is 0 Å². The van der Waals surface area contributed by atoms with Crippen molar-refractivity contribution < 1.29 is 19.4 Å². The van der Waals surface area contributed by atoms with Gasteiger partial charge >= 0.3 is 5.97 Å². The molecule has 3 N–H and O–H groups in total. The maximum Gasteiger partial charge on any atom is 0.303 e. The minimum atomic E-state index is -1.20. The fourth-order valence-electron chi connectivity index (χ4n) is 3.38. The summed E-state index contributed by atoms with van der Waals surface area (Å²) in [7, 11) is 3.26. The minimum absolute atomic E-state index is 0.0255. The molecule has 9 heteroatoms. The Balaban J connectivity index is 1.84. The Morgan fingerprint density at radius 1 is 1.30 bits per heavy atom. The van der Waals surface area contributed by atoms with E-state index in [4.69, 9.17) is 20.3 Å². The van der Waals surface area contributed by atoms with Gasteiger partial charge in [0.15, 0.2) is 5.72 Å². The van der Waals surface area contributed by atoms with Crippen LogP contribution in [0.5, 0.6) is 0 Å². The van der Waals surface area contributed by atoms with Gasteiger partial charge in [-0.25, -0.2) is 4.68 Å². The number of rotatable bonds is 8. The van der Waals surface area contributed by atoms with Gasteiger partial charge in [0, 0.05) is 27.0 Å². The smallest absolute Gasteiger partial charge is 0.303 e. The zero-order valence-corrected chi connectivity index (χ0v) is 18.4. The van der Waals surface area contributed by atoms with Gasteiger partial charge in [-0.3, -0.25) is 20.0 Å². The van der Waals surface area contributed by atoms with Gasteiger partial charge in [0.1, 0.15) is 16.8 Å². The number of halogens is 1. The van der Waals surface area contributed by atoms with Crippen LogP contribution < -0.4 is 11.3 Å². The first-order chi connectivity index (χ1) is 14.3. The van der Waals surface area contributed by atoms with Crippen LogP contribution in [0, 0.1) is 0 Å².